The summed E-state index contributed by atoms with van der Waals surface area (Å²) < 4.78 is 52.5. The molecule has 0 aliphatic rings. The van der Waals surface area contributed by atoms with E-state index in [4.69, 9.17) is 34.8 Å². The third kappa shape index (κ3) is 8.79. The molecule has 8 nitrogen and oxygen atoms in total. The first-order valence-corrected chi connectivity index (χ1v) is 15.8. The fourth-order valence-corrected chi connectivity index (χ4v) is 6.02. The largest absolute Gasteiger partial charge is 0.268 e. The van der Waals surface area contributed by atoms with Crippen LogP contribution >= 0.6 is 50.7 Å². The average molecular weight is 705 g/mol. The van der Waals surface area contributed by atoms with Gasteiger partial charge in [-0.1, -0.05) is 53.0 Å². The van der Waals surface area contributed by atoms with E-state index < -0.39 is 31.9 Å². The Kier molecular flexibility index (Phi) is 10.8. The van der Waals surface area contributed by atoms with Crippen LogP contribution in [-0.2, 0) is 20.0 Å². The monoisotopic (exact) mass is 702 g/mol. The number of halogens is 4. The molecule has 4 aromatic rings. The summed E-state index contributed by atoms with van der Waals surface area (Å²) in [6.45, 7) is 0. The fraction of sp³-hybridized carbons (Fsp3) is 0. The minimum atomic E-state index is -3.96. The van der Waals surface area contributed by atoms with Crippen LogP contribution in [0.25, 0.3) is 0 Å². The summed E-state index contributed by atoms with van der Waals surface area (Å²) in [7, 11) is -7.85. The number of hydrogen-bond donors (Lipinski definition) is 2. The first kappa shape index (κ1) is 31.6. The van der Waals surface area contributed by atoms with E-state index in [0.29, 0.717) is 19.5 Å². The van der Waals surface area contributed by atoms with E-state index in [1.165, 1.54) is 78.9 Å². The lowest BCUT2D eigenvalue weighted by atomic mass is 10.2. The number of carbonyl (C=O) groups excluding carboxylic acids is 2. The van der Waals surface area contributed by atoms with Gasteiger partial charge in [0.15, 0.2) is 0 Å². The molecule has 4 aromatic carbocycles. The molecule has 0 aromatic heterocycles. The van der Waals surface area contributed by atoms with E-state index in [9.17, 15) is 26.4 Å². The van der Waals surface area contributed by atoms with Crippen molar-refractivity contribution >= 4 is 82.6 Å². The smallest absolute Gasteiger partial charge is 0.266 e. The van der Waals surface area contributed by atoms with Gasteiger partial charge in [0.05, 0.1) is 15.4 Å². The second kappa shape index (κ2) is 13.6. The van der Waals surface area contributed by atoms with Gasteiger partial charge in [-0.15, -0.1) is 0 Å². The molecule has 0 aliphatic heterocycles. The van der Waals surface area contributed by atoms with Crippen molar-refractivity contribution in [3.63, 3.8) is 0 Å². The average Bonchev–Trinajstić information content (AvgIpc) is 2.89. The minimum Gasteiger partial charge on any atom is -0.268 e. The third-order valence-electron chi connectivity index (χ3n) is 4.91. The lowest BCUT2D eigenvalue weighted by Crippen LogP contribution is -2.30. The van der Waals surface area contributed by atoms with Gasteiger partial charge in [0.25, 0.3) is 31.9 Å². The molecule has 0 fully saturated rings. The van der Waals surface area contributed by atoms with Gasteiger partial charge in [-0.3, -0.25) is 9.59 Å². The molecular weight excluding hydrogens is 687 g/mol. The summed E-state index contributed by atoms with van der Waals surface area (Å²) in [4.78, 5) is 23.8. The first-order valence-electron chi connectivity index (χ1n) is 10.9. The molecule has 2 N–H and O–H groups in total. The molecule has 0 heterocycles. The Balaban J connectivity index is 0.000000222. The van der Waals surface area contributed by atoms with Crippen molar-refractivity contribution in [1.29, 1.82) is 0 Å². The molecule has 0 bridgehead atoms. The van der Waals surface area contributed by atoms with Crippen LogP contribution in [0.1, 0.15) is 20.7 Å². The summed E-state index contributed by atoms with van der Waals surface area (Å²) in [5.41, 5.74) is 0.442. The molecule has 14 heteroatoms. The van der Waals surface area contributed by atoms with Crippen molar-refractivity contribution in [2.45, 2.75) is 9.79 Å². The van der Waals surface area contributed by atoms with Crippen molar-refractivity contribution in [2.75, 3.05) is 0 Å². The molecule has 0 aliphatic carbocycles. The molecule has 208 valence electrons. The molecule has 0 spiro atoms. The summed E-state index contributed by atoms with van der Waals surface area (Å²) in [5, 5.41) is 1.26. The lowest BCUT2D eigenvalue weighted by Gasteiger charge is -2.08. The number of benzene rings is 4. The SMILES string of the molecule is O=C(NS(=O)(=O)c1ccc(Cl)cc1)c1ccc(Cl)cc1Br.O=C(NS(=O)(=O)c1ccc(Cl)cc1)c1ccccc1. The van der Waals surface area contributed by atoms with Gasteiger partial charge in [0.2, 0.25) is 0 Å². The van der Waals surface area contributed by atoms with E-state index in [2.05, 4.69) is 15.9 Å². The second-order valence-electron chi connectivity index (χ2n) is 7.77. The maximum atomic E-state index is 12.1. The molecule has 0 unspecified atom stereocenters. The predicted octanol–water partition coefficient (Wildman–Crippen LogP) is 6.33. The van der Waals surface area contributed by atoms with Crippen LogP contribution < -0.4 is 9.44 Å². The van der Waals surface area contributed by atoms with E-state index in [0.717, 1.165) is 0 Å². The predicted molar refractivity (Wildman–Crippen MR) is 158 cm³/mol. The van der Waals surface area contributed by atoms with Gasteiger partial charge in [0, 0.05) is 25.1 Å². The highest BCUT2D eigenvalue weighted by Crippen LogP contribution is 2.22. The van der Waals surface area contributed by atoms with Gasteiger partial charge in [-0.25, -0.2) is 26.3 Å². The zero-order valence-electron chi connectivity index (χ0n) is 20.0. The number of rotatable bonds is 6. The van der Waals surface area contributed by atoms with Crippen LogP contribution in [0.4, 0.5) is 0 Å². The summed E-state index contributed by atoms with van der Waals surface area (Å²) in [6.07, 6.45) is 0. The van der Waals surface area contributed by atoms with E-state index in [1.807, 2.05) is 9.44 Å². The Hall–Kier alpha value is -2.93. The molecule has 2 amide bonds. The van der Waals surface area contributed by atoms with Crippen molar-refractivity contribution in [1.82, 2.24) is 9.44 Å². The second-order valence-corrected chi connectivity index (χ2v) is 13.3. The Morgan fingerprint density at radius 3 is 1.45 bits per heavy atom. The maximum Gasteiger partial charge on any atom is 0.266 e. The van der Waals surface area contributed by atoms with Gasteiger partial charge in [-0.05, 0) is 94.8 Å². The highest BCUT2D eigenvalue weighted by Gasteiger charge is 2.20. The zero-order chi connectivity index (χ0) is 29.5. The molecule has 0 radical (unpaired) electrons. The van der Waals surface area contributed by atoms with Gasteiger partial charge < -0.3 is 0 Å². The maximum absolute atomic E-state index is 12.1. The Labute approximate surface area is 254 Å². The molecule has 0 atom stereocenters. The number of amides is 2. The Morgan fingerprint density at radius 1 is 0.575 bits per heavy atom. The highest BCUT2D eigenvalue weighted by atomic mass is 79.9. The number of hydrogen-bond acceptors (Lipinski definition) is 6. The van der Waals surface area contributed by atoms with Crippen molar-refractivity contribution in [3.8, 4) is 0 Å². The molecule has 4 rings (SSSR count). The van der Waals surface area contributed by atoms with Crippen molar-refractivity contribution < 1.29 is 26.4 Å². The quantitative estimate of drug-likeness (QED) is 0.242. The van der Waals surface area contributed by atoms with E-state index >= 15 is 0 Å². The molecule has 0 saturated carbocycles. The van der Waals surface area contributed by atoms with Crippen LogP contribution in [0.15, 0.2) is 111 Å². The van der Waals surface area contributed by atoms with Crippen molar-refractivity contribution in [3.05, 3.63) is 128 Å². The molecular formula is C26H18BrCl3N2O6S2. The highest BCUT2D eigenvalue weighted by molar-refractivity contribution is 9.10. The van der Waals surface area contributed by atoms with Crippen molar-refractivity contribution in [2.24, 2.45) is 0 Å². The van der Waals surface area contributed by atoms with Crippen LogP contribution in [0.5, 0.6) is 0 Å². The summed E-state index contributed by atoms with van der Waals surface area (Å²) >= 11 is 20.3. The number of nitrogens with one attached hydrogen (secondary N) is 2. The topological polar surface area (TPSA) is 126 Å². The minimum absolute atomic E-state index is 0.0128. The normalized spacial score (nSPS) is 11.1. The van der Waals surface area contributed by atoms with Gasteiger partial charge >= 0.3 is 0 Å². The van der Waals surface area contributed by atoms with Crippen LogP contribution in [0.2, 0.25) is 15.1 Å². The van der Waals surface area contributed by atoms with E-state index in [1.54, 1.807) is 18.2 Å². The standard InChI is InChI=1S/C13H8BrCl2NO3S.C13H10ClNO3S/c14-12-7-9(16)3-6-11(12)13(18)17-21(19,20)10-4-1-8(15)2-5-10;14-11-6-8-12(9-7-11)19(17,18)15-13(16)10-4-2-1-3-5-10/h1-7H,(H,17,18);1-9H,(H,15,16). The Bertz CT molecular complexity index is 1740. The van der Waals surface area contributed by atoms with Crippen LogP contribution in [0.3, 0.4) is 0 Å². The third-order valence-corrected chi connectivity index (χ3v) is 9.00. The van der Waals surface area contributed by atoms with Gasteiger partial charge in [0.1, 0.15) is 0 Å². The molecule has 0 saturated heterocycles. The van der Waals surface area contributed by atoms with Gasteiger partial charge in [-0.2, -0.15) is 0 Å². The summed E-state index contributed by atoms with van der Waals surface area (Å²) in [6, 6.07) is 23.6. The molecule has 40 heavy (non-hydrogen) atoms. The lowest BCUT2D eigenvalue weighted by molar-refractivity contribution is 0.0972. The van der Waals surface area contributed by atoms with E-state index in [-0.39, 0.29) is 20.9 Å². The Morgan fingerprint density at radius 2 is 1.00 bits per heavy atom. The first-order chi connectivity index (χ1) is 18.8. The van der Waals surface area contributed by atoms with Crippen LogP contribution in [0, 0.1) is 0 Å². The number of carbonyl (C=O) groups is 2. The zero-order valence-corrected chi connectivity index (χ0v) is 25.5. The number of sulfonamides is 2. The fourth-order valence-electron chi connectivity index (χ4n) is 2.97. The summed E-state index contributed by atoms with van der Waals surface area (Å²) in [5.74, 6) is -1.43. The van der Waals surface area contributed by atoms with Crippen LogP contribution in [-0.4, -0.2) is 28.6 Å².